The summed E-state index contributed by atoms with van der Waals surface area (Å²) in [6.45, 7) is 0. The predicted octanol–water partition coefficient (Wildman–Crippen LogP) is 2.85. The topological polar surface area (TPSA) is 83.3 Å². The number of rotatable bonds is 5. The fraction of sp³-hybridized carbons (Fsp3) is 0.316. The minimum Gasteiger partial charge on any atom is -0.497 e. The van der Waals surface area contributed by atoms with Gasteiger partial charge in [0.05, 0.1) is 33.4 Å². The average molecular weight is 367 g/mol. The fourth-order valence-corrected chi connectivity index (χ4v) is 3.53. The maximum atomic E-state index is 5.67. The van der Waals surface area contributed by atoms with Gasteiger partial charge in [0.15, 0.2) is 11.5 Å². The van der Waals surface area contributed by atoms with Crippen LogP contribution in [0.25, 0.3) is 0 Å². The minimum atomic E-state index is -0.139. The lowest BCUT2D eigenvalue weighted by molar-refractivity contribution is 0.333. The molecule has 8 heteroatoms. The van der Waals surface area contributed by atoms with Crippen LogP contribution in [0.1, 0.15) is 29.6 Å². The largest absolute Gasteiger partial charge is 0.497 e. The molecule has 0 radical (unpaired) electrons. The van der Waals surface area contributed by atoms with Gasteiger partial charge in [-0.3, -0.25) is 0 Å². The van der Waals surface area contributed by atoms with E-state index in [1.807, 2.05) is 24.3 Å². The monoisotopic (exact) mass is 367 g/mol. The number of ether oxygens (including phenoxy) is 3. The summed E-state index contributed by atoms with van der Waals surface area (Å²) in [5.41, 5.74) is 2.08. The van der Waals surface area contributed by atoms with Crippen LogP contribution in [-0.2, 0) is 0 Å². The van der Waals surface area contributed by atoms with Gasteiger partial charge in [0, 0.05) is 11.6 Å². The maximum Gasteiger partial charge on any atom is 0.243 e. The molecule has 0 spiro atoms. The first-order valence-corrected chi connectivity index (χ1v) is 8.64. The van der Waals surface area contributed by atoms with Crippen molar-refractivity contribution >= 4 is 5.95 Å². The summed E-state index contributed by atoms with van der Waals surface area (Å²) in [6, 6.07) is 13.9. The molecule has 2 aromatic carbocycles. The first-order chi connectivity index (χ1) is 13.2. The fourth-order valence-electron chi connectivity index (χ4n) is 3.53. The van der Waals surface area contributed by atoms with Crippen molar-refractivity contribution in [3.8, 4) is 17.2 Å². The molecule has 2 atom stereocenters. The number of anilines is 1. The zero-order chi connectivity index (χ0) is 18.8. The van der Waals surface area contributed by atoms with Gasteiger partial charge in [-0.25, -0.2) is 4.68 Å². The number of nitrogens with zero attached hydrogens (tertiary/aromatic N) is 4. The highest BCUT2D eigenvalue weighted by atomic mass is 16.5. The normalized spacial score (nSPS) is 18.3. The van der Waals surface area contributed by atoms with Crippen LogP contribution >= 0.6 is 0 Å². The van der Waals surface area contributed by atoms with Crippen LogP contribution in [0.2, 0.25) is 0 Å². The number of hydrogen-bond acceptors (Lipinski definition) is 7. The molecule has 1 aliphatic rings. The predicted molar refractivity (Wildman–Crippen MR) is 99.5 cm³/mol. The molecule has 1 aromatic heterocycles. The SMILES string of the molecule is COc1cc(OC)c(OC)c([C@H]2C[C@@H](c3ccccc3)Nc3nnnn32)c1. The number of hydrogen-bond donors (Lipinski definition) is 1. The Bertz CT molecular complexity index is 928. The first-order valence-electron chi connectivity index (χ1n) is 8.64. The second-order valence-corrected chi connectivity index (χ2v) is 6.26. The molecule has 1 aliphatic heterocycles. The molecule has 0 amide bonds. The Morgan fingerprint density at radius 1 is 1.04 bits per heavy atom. The van der Waals surface area contributed by atoms with Gasteiger partial charge in [-0.15, -0.1) is 0 Å². The maximum absolute atomic E-state index is 5.67. The molecule has 8 nitrogen and oxygen atoms in total. The molecular weight excluding hydrogens is 346 g/mol. The Morgan fingerprint density at radius 3 is 2.56 bits per heavy atom. The molecule has 0 saturated heterocycles. The van der Waals surface area contributed by atoms with E-state index in [2.05, 4.69) is 33.0 Å². The quantitative estimate of drug-likeness (QED) is 0.742. The van der Waals surface area contributed by atoms with E-state index in [1.54, 1.807) is 32.1 Å². The molecule has 2 heterocycles. The van der Waals surface area contributed by atoms with Gasteiger partial charge in [-0.2, -0.15) is 0 Å². The van der Waals surface area contributed by atoms with Crippen molar-refractivity contribution < 1.29 is 14.2 Å². The number of tetrazole rings is 1. The second-order valence-electron chi connectivity index (χ2n) is 6.26. The van der Waals surface area contributed by atoms with Crippen LogP contribution in [-0.4, -0.2) is 41.5 Å². The van der Waals surface area contributed by atoms with Crippen LogP contribution in [0.15, 0.2) is 42.5 Å². The Balaban J connectivity index is 1.83. The molecule has 140 valence electrons. The van der Waals surface area contributed by atoms with Crippen molar-refractivity contribution in [3.63, 3.8) is 0 Å². The summed E-state index contributed by atoms with van der Waals surface area (Å²) in [6.07, 6.45) is 0.745. The van der Waals surface area contributed by atoms with Gasteiger partial charge in [0.25, 0.3) is 0 Å². The van der Waals surface area contributed by atoms with E-state index in [-0.39, 0.29) is 12.1 Å². The summed E-state index contributed by atoms with van der Waals surface area (Å²) >= 11 is 0. The number of nitrogens with one attached hydrogen (secondary N) is 1. The third-order valence-corrected chi connectivity index (χ3v) is 4.83. The third-order valence-electron chi connectivity index (χ3n) is 4.83. The van der Waals surface area contributed by atoms with Crippen molar-refractivity contribution in [2.75, 3.05) is 26.6 Å². The highest BCUT2D eigenvalue weighted by Gasteiger charge is 2.33. The molecule has 0 aliphatic carbocycles. The van der Waals surface area contributed by atoms with Crippen LogP contribution in [0, 0.1) is 0 Å². The van der Waals surface area contributed by atoms with E-state index < -0.39 is 0 Å². The van der Waals surface area contributed by atoms with Crippen LogP contribution in [0.4, 0.5) is 5.95 Å². The highest BCUT2D eigenvalue weighted by Crippen LogP contribution is 2.45. The van der Waals surface area contributed by atoms with E-state index in [0.29, 0.717) is 23.2 Å². The smallest absolute Gasteiger partial charge is 0.243 e. The van der Waals surface area contributed by atoms with Gasteiger partial charge < -0.3 is 19.5 Å². The van der Waals surface area contributed by atoms with E-state index in [9.17, 15) is 0 Å². The van der Waals surface area contributed by atoms with E-state index in [4.69, 9.17) is 14.2 Å². The van der Waals surface area contributed by atoms with Gasteiger partial charge in [0.1, 0.15) is 5.75 Å². The lowest BCUT2D eigenvalue weighted by atomic mass is 9.92. The Labute approximate surface area is 157 Å². The Kier molecular flexibility index (Phi) is 4.53. The van der Waals surface area contributed by atoms with Crippen LogP contribution in [0.5, 0.6) is 17.2 Å². The summed E-state index contributed by atoms with van der Waals surface area (Å²) in [7, 11) is 4.87. The van der Waals surface area contributed by atoms with Gasteiger partial charge in [-0.1, -0.05) is 35.4 Å². The van der Waals surface area contributed by atoms with Crippen LogP contribution in [0.3, 0.4) is 0 Å². The highest BCUT2D eigenvalue weighted by molar-refractivity contribution is 5.54. The lowest BCUT2D eigenvalue weighted by Gasteiger charge is -2.32. The van der Waals surface area contributed by atoms with E-state index in [1.165, 1.54) is 5.56 Å². The second kappa shape index (κ2) is 7.14. The molecule has 0 fully saturated rings. The van der Waals surface area contributed by atoms with Crippen molar-refractivity contribution in [2.45, 2.75) is 18.5 Å². The first kappa shape index (κ1) is 17.1. The molecule has 4 rings (SSSR count). The molecular formula is C19H21N5O3. The summed E-state index contributed by atoms with van der Waals surface area (Å²) < 4.78 is 18.4. The summed E-state index contributed by atoms with van der Waals surface area (Å²) in [5.74, 6) is 2.56. The van der Waals surface area contributed by atoms with Crippen molar-refractivity contribution in [1.29, 1.82) is 0 Å². The summed E-state index contributed by atoms with van der Waals surface area (Å²) in [5, 5.41) is 15.6. The minimum absolute atomic E-state index is 0.0663. The molecule has 0 unspecified atom stereocenters. The van der Waals surface area contributed by atoms with Crippen LogP contribution < -0.4 is 19.5 Å². The van der Waals surface area contributed by atoms with E-state index >= 15 is 0 Å². The van der Waals surface area contributed by atoms with Gasteiger partial charge in [-0.05, 0) is 28.5 Å². The Hall–Kier alpha value is -3.29. The lowest BCUT2D eigenvalue weighted by Crippen LogP contribution is -2.28. The van der Waals surface area contributed by atoms with E-state index in [0.717, 1.165) is 12.0 Å². The van der Waals surface area contributed by atoms with Crippen molar-refractivity contribution in [2.24, 2.45) is 0 Å². The molecule has 1 N–H and O–H groups in total. The van der Waals surface area contributed by atoms with Crippen molar-refractivity contribution in [1.82, 2.24) is 20.2 Å². The average Bonchev–Trinajstić information content (AvgIpc) is 3.21. The Morgan fingerprint density at radius 2 is 1.85 bits per heavy atom. The number of methoxy groups -OCH3 is 3. The molecule has 3 aromatic rings. The standard InChI is InChI=1S/C19H21N5O3/c1-25-13-9-14(18(27-3)17(10-13)26-2)16-11-15(12-7-5-4-6-8-12)20-19-21-22-23-24(16)19/h4-10,15-16H,11H2,1-3H3,(H,20,21,23)/t15-,16+/m0/s1. The zero-order valence-electron chi connectivity index (χ0n) is 15.4. The number of fused-ring (bicyclic) bond motifs is 1. The number of benzene rings is 2. The molecule has 0 saturated carbocycles. The molecule has 0 bridgehead atoms. The third kappa shape index (κ3) is 3.03. The zero-order valence-corrected chi connectivity index (χ0v) is 15.4. The van der Waals surface area contributed by atoms with Gasteiger partial charge >= 0.3 is 0 Å². The van der Waals surface area contributed by atoms with Crippen molar-refractivity contribution in [3.05, 3.63) is 53.6 Å². The summed E-state index contributed by atoms with van der Waals surface area (Å²) in [4.78, 5) is 0. The van der Waals surface area contributed by atoms with Gasteiger partial charge in [0.2, 0.25) is 5.95 Å². The molecule has 27 heavy (non-hydrogen) atoms. The number of aromatic nitrogens is 4.